The molecule has 0 radical (unpaired) electrons. The van der Waals surface area contributed by atoms with Gasteiger partial charge in [-0.05, 0) is 17.7 Å². The number of aliphatic imine (C=N–C) groups is 1. The monoisotopic (exact) mass is 543 g/mol. The second-order valence-corrected chi connectivity index (χ2v) is 7.22. The summed E-state index contributed by atoms with van der Waals surface area (Å²) in [6.07, 6.45) is 2.67. The number of ether oxygens (including phenoxy) is 2. The van der Waals surface area contributed by atoms with Crippen LogP contribution in [0.4, 0.5) is 0 Å². The van der Waals surface area contributed by atoms with E-state index in [1.807, 2.05) is 13.1 Å². The highest BCUT2D eigenvalue weighted by molar-refractivity contribution is 14.0. The van der Waals surface area contributed by atoms with Gasteiger partial charge in [0.15, 0.2) is 17.5 Å². The third kappa shape index (κ3) is 6.70. The van der Waals surface area contributed by atoms with Gasteiger partial charge in [-0.25, -0.2) is 0 Å². The van der Waals surface area contributed by atoms with E-state index in [2.05, 4.69) is 53.9 Å². The van der Waals surface area contributed by atoms with E-state index in [0.29, 0.717) is 0 Å². The summed E-state index contributed by atoms with van der Waals surface area (Å²) in [6.45, 7) is 8.47. The van der Waals surface area contributed by atoms with E-state index < -0.39 is 0 Å². The first-order valence-corrected chi connectivity index (χ1v) is 10.4. The van der Waals surface area contributed by atoms with Crippen LogP contribution in [-0.4, -0.2) is 84.5 Å². The fraction of sp³-hybridized carbons (Fsp3) is 0.571. The summed E-state index contributed by atoms with van der Waals surface area (Å²) in [5.41, 5.74) is 1.23. The summed E-state index contributed by atoms with van der Waals surface area (Å²) >= 11 is 0. The van der Waals surface area contributed by atoms with Crippen molar-refractivity contribution in [2.75, 3.05) is 54.0 Å². The smallest absolute Gasteiger partial charge is 0.193 e. The van der Waals surface area contributed by atoms with E-state index in [1.165, 1.54) is 5.56 Å². The number of nitrogens with one attached hydrogen (secondary N) is 1. The maximum Gasteiger partial charge on any atom is 0.193 e. The number of methoxy groups -OCH3 is 2. The molecule has 0 aliphatic carbocycles. The molecular formula is C21H34IN7O2. The zero-order chi connectivity index (χ0) is 21.3. The molecule has 1 aromatic heterocycles. The van der Waals surface area contributed by atoms with Gasteiger partial charge in [0, 0.05) is 59.3 Å². The average molecular weight is 543 g/mol. The summed E-state index contributed by atoms with van der Waals surface area (Å²) in [4.78, 5) is 9.24. The summed E-state index contributed by atoms with van der Waals surface area (Å²) < 4.78 is 12.8. The number of hydrogen-bond acceptors (Lipinski definition) is 6. The maximum absolute atomic E-state index is 5.42. The van der Waals surface area contributed by atoms with Crippen molar-refractivity contribution in [3.63, 3.8) is 0 Å². The zero-order valence-electron chi connectivity index (χ0n) is 18.9. The van der Waals surface area contributed by atoms with E-state index >= 15 is 0 Å². The molecule has 0 saturated carbocycles. The molecule has 1 aromatic carbocycles. The highest BCUT2D eigenvalue weighted by Crippen LogP contribution is 2.28. The van der Waals surface area contributed by atoms with Gasteiger partial charge < -0.3 is 24.3 Å². The van der Waals surface area contributed by atoms with E-state index in [-0.39, 0.29) is 24.0 Å². The molecule has 2 aromatic rings. The summed E-state index contributed by atoms with van der Waals surface area (Å²) in [5.74, 6) is 3.50. The molecule has 0 bridgehead atoms. The van der Waals surface area contributed by atoms with Crippen molar-refractivity contribution >= 4 is 29.9 Å². The topological polar surface area (TPSA) is 80.0 Å². The summed E-state index contributed by atoms with van der Waals surface area (Å²) in [6, 6.07) is 6.13. The van der Waals surface area contributed by atoms with Gasteiger partial charge in [-0.1, -0.05) is 13.0 Å². The fourth-order valence-electron chi connectivity index (χ4n) is 3.71. The third-order valence-electron chi connectivity index (χ3n) is 5.39. The average Bonchev–Trinajstić information content (AvgIpc) is 3.25. The lowest BCUT2D eigenvalue weighted by Gasteiger charge is -2.36. The van der Waals surface area contributed by atoms with Crippen molar-refractivity contribution in [1.82, 2.24) is 29.9 Å². The van der Waals surface area contributed by atoms with Crippen LogP contribution in [0.15, 0.2) is 29.5 Å². The standard InChI is InChI=1S/C21H33N7O2.HI/c1-5-20-25-24-16-28(20)9-8-23-21(22-2)27-12-10-26(11-13-27)15-17-6-7-18(29-3)19(14-17)30-4;/h6-7,14,16H,5,8-13,15H2,1-4H3,(H,22,23);1H. The van der Waals surface area contributed by atoms with Crippen LogP contribution in [0.3, 0.4) is 0 Å². The van der Waals surface area contributed by atoms with E-state index in [9.17, 15) is 0 Å². The molecule has 9 nitrogen and oxygen atoms in total. The molecule has 31 heavy (non-hydrogen) atoms. The molecule has 10 heteroatoms. The molecule has 1 fully saturated rings. The van der Waals surface area contributed by atoms with Gasteiger partial charge in [0.25, 0.3) is 0 Å². The first kappa shape index (κ1) is 25.2. The van der Waals surface area contributed by atoms with Gasteiger partial charge in [-0.15, -0.1) is 34.2 Å². The Balaban J connectivity index is 0.00000341. The van der Waals surface area contributed by atoms with Crippen molar-refractivity contribution in [2.24, 2.45) is 4.99 Å². The second-order valence-electron chi connectivity index (χ2n) is 7.22. The van der Waals surface area contributed by atoms with Crippen LogP contribution < -0.4 is 14.8 Å². The number of nitrogens with zero attached hydrogens (tertiary/aromatic N) is 6. The third-order valence-corrected chi connectivity index (χ3v) is 5.39. The Bertz CT molecular complexity index is 835. The predicted octanol–water partition coefficient (Wildman–Crippen LogP) is 1.87. The molecule has 0 spiro atoms. The summed E-state index contributed by atoms with van der Waals surface area (Å²) in [7, 11) is 5.17. The van der Waals surface area contributed by atoms with Gasteiger partial charge in [0.2, 0.25) is 0 Å². The Morgan fingerprint density at radius 1 is 1.13 bits per heavy atom. The van der Waals surface area contributed by atoms with Gasteiger partial charge in [-0.3, -0.25) is 9.89 Å². The van der Waals surface area contributed by atoms with Crippen LogP contribution in [-0.2, 0) is 19.5 Å². The van der Waals surface area contributed by atoms with Crippen molar-refractivity contribution in [3.8, 4) is 11.5 Å². The normalized spacial score (nSPS) is 14.8. The Hall–Kier alpha value is -2.08. The number of aryl methyl sites for hydroxylation is 1. The minimum Gasteiger partial charge on any atom is -0.493 e. The quantitative estimate of drug-likeness (QED) is 0.310. The number of hydrogen-bond donors (Lipinski definition) is 1. The van der Waals surface area contributed by atoms with Gasteiger partial charge in [-0.2, -0.15) is 0 Å². The molecule has 0 amide bonds. The molecule has 1 saturated heterocycles. The molecule has 172 valence electrons. The molecule has 0 atom stereocenters. The predicted molar refractivity (Wildman–Crippen MR) is 133 cm³/mol. The highest BCUT2D eigenvalue weighted by atomic mass is 127. The van der Waals surface area contributed by atoms with E-state index in [4.69, 9.17) is 9.47 Å². The maximum atomic E-state index is 5.42. The molecule has 1 N–H and O–H groups in total. The number of rotatable bonds is 8. The van der Waals surface area contributed by atoms with Crippen molar-refractivity contribution in [3.05, 3.63) is 35.9 Å². The van der Waals surface area contributed by atoms with Crippen LogP contribution in [0, 0.1) is 0 Å². The van der Waals surface area contributed by atoms with Gasteiger partial charge in [0.05, 0.1) is 14.2 Å². The van der Waals surface area contributed by atoms with Crippen LogP contribution >= 0.6 is 24.0 Å². The molecule has 3 rings (SSSR count). The van der Waals surface area contributed by atoms with Crippen LogP contribution in [0.1, 0.15) is 18.3 Å². The fourth-order valence-corrected chi connectivity index (χ4v) is 3.71. The number of guanidine groups is 1. The molecular weight excluding hydrogens is 509 g/mol. The molecule has 0 unspecified atom stereocenters. The van der Waals surface area contributed by atoms with Crippen molar-refractivity contribution in [1.29, 1.82) is 0 Å². The number of aromatic nitrogens is 3. The lowest BCUT2D eigenvalue weighted by atomic mass is 10.1. The van der Waals surface area contributed by atoms with E-state index in [1.54, 1.807) is 20.5 Å². The lowest BCUT2D eigenvalue weighted by Crippen LogP contribution is -2.52. The van der Waals surface area contributed by atoms with Gasteiger partial charge in [0.1, 0.15) is 12.2 Å². The lowest BCUT2D eigenvalue weighted by molar-refractivity contribution is 0.172. The SMILES string of the molecule is CCc1nncn1CCNC(=NC)N1CCN(Cc2ccc(OC)c(OC)c2)CC1.I. The van der Waals surface area contributed by atoms with Crippen LogP contribution in [0.25, 0.3) is 0 Å². The van der Waals surface area contributed by atoms with Crippen LogP contribution in [0.2, 0.25) is 0 Å². The molecule has 1 aliphatic heterocycles. The number of halogens is 1. The Kier molecular flexibility index (Phi) is 10.3. The second kappa shape index (κ2) is 12.7. The first-order chi connectivity index (χ1) is 14.7. The Morgan fingerprint density at radius 2 is 1.87 bits per heavy atom. The highest BCUT2D eigenvalue weighted by Gasteiger charge is 2.20. The van der Waals surface area contributed by atoms with Gasteiger partial charge >= 0.3 is 0 Å². The summed E-state index contributed by atoms with van der Waals surface area (Å²) in [5, 5.41) is 11.6. The first-order valence-electron chi connectivity index (χ1n) is 10.4. The Morgan fingerprint density at radius 3 is 2.52 bits per heavy atom. The minimum absolute atomic E-state index is 0. The number of benzene rings is 1. The van der Waals surface area contributed by atoms with Crippen LogP contribution in [0.5, 0.6) is 11.5 Å². The molecule has 1 aliphatic rings. The largest absolute Gasteiger partial charge is 0.493 e. The minimum atomic E-state index is 0. The number of piperazine rings is 1. The van der Waals surface area contributed by atoms with E-state index in [0.717, 1.165) is 75.5 Å². The Labute approximate surface area is 201 Å². The van der Waals surface area contributed by atoms with Crippen molar-refractivity contribution < 1.29 is 9.47 Å². The van der Waals surface area contributed by atoms with Crippen molar-refractivity contribution in [2.45, 2.75) is 26.4 Å². The zero-order valence-corrected chi connectivity index (χ0v) is 21.2. The molecule has 2 heterocycles.